The molecule has 0 fully saturated rings. The second-order valence-corrected chi connectivity index (χ2v) is 7.95. The maximum absolute atomic E-state index is 12.9. The molecule has 1 aromatic heterocycles. The zero-order chi connectivity index (χ0) is 19.5. The largest absolute Gasteiger partial charge is 0.433 e. The molecule has 2 rings (SSSR count). The first kappa shape index (κ1) is 22.9. The van der Waals surface area contributed by atoms with Gasteiger partial charge < -0.3 is 11.1 Å². The minimum Gasteiger partial charge on any atom is -0.325 e. The molecule has 0 spiro atoms. The Morgan fingerprint density at radius 2 is 1.85 bits per heavy atom. The molecule has 3 N–H and O–H groups in total. The topological polar surface area (TPSA) is 107 Å². The lowest BCUT2D eigenvalue weighted by Gasteiger charge is -2.13. The maximum Gasteiger partial charge on any atom is 0.433 e. The number of carbonyl (C=O) groups is 1. The molecule has 0 radical (unpaired) electrons. The lowest BCUT2D eigenvalue weighted by atomic mass is 10.2. The van der Waals surface area contributed by atoms with Gasteiger partial charge in [-0.25, -0.2) is 13.1 Å². The van der Waals surface area contributed by atoms with Gasteiger partial charge in [0.2, 0.25) is 5.91 Å². The molecule has 150 valence electrons. The van der Waals surface area contributed by atoms with Crippen LogP contribution in [-0.4, -0.2) is 42.2 Å². The second-order valence-electron chi connectivity index (χ2n) is 5.69. The van der Waals surface area contributed by atoms with E-state index >= 15 is 0 Å². The number of sulfone groups is 1. The van der Waals surface area contributed by atoms with Gasteiger partial charge in [0.25, 0.3) is 0 Å². The summed E-state index contributed by atoms with van der Waals surface area (Å²) in [5.41, 5.74) is 5.19. The molecule has 2 aromatic rings. The Morgan fingerprint density at radius 3 is 2.37 bits per heavy atom. The summed E-state index contributed by atoms with van der Waals surface area (Å²) in [5, 5.41) is 6.14. The molecule has 1 aromatic carbocycles. The SMILES string of the molecule is CS(=O)(=O)CCC(N)C(=O)Nc1ccc(-n2nccc2C(F)(F)F)cc1.Cl. The monoisotopic (exact) mass is 426 g/mol. The number of benzene rings is 1. The zero-order valence-corrected chi connectivity index (χ0v) is 15.7. The van der Waals surface area contributed by atoms with Gasteiger partial charge >= 0.3 is 6.18 Å². The van der Waals surface area contributed by atoms with Crippen LogP contribution in [0.4, 0.5) is 18.9 Å². The van der Waals surface area contributed by atoms with E-state index in [1.165, 1.54) is 24.3 Å². The van der Waals surface area contributed by atoms with Gasteiger partial charge in [0.1, 0.15) is 15.5 Å². The van der Waals surface area contributed by atoms with Crippen molar-refractivity contribution in [1.29, 1.82) is 0 Å². The molecule has 1 amide bonds. The lowest BCUT2D eigenvalue weighted by molar-refractivity contribution is -0.142. The van der Waals surface area contributed by atoms with Gasteiger partial charge in [-0.05, 0) is 36.8 Å². The number of carbonyl (C=O) groups excluding carboxylic acids is 1. The molecule has 7 nitrogen and oxygen atoms in total. The van der Waals surface area contributed by atoms with E-state index in [2.05, 4.69) is 10.4 Å². The minimum absolute atomic E-state index is 0. The highest BCUT2D eigenvalue weighted by Gasteiger charge is 2.35. The van der Waals surface area contributed by atoms with Crippen LogP contribution in [0.2, 0.25) is 0 Å². The van der Waals surface area contributed by atoms with E-state index in [-0.39, 0.29) is 30.3 Å². The molecule has 12 heteroatoms. The van der Waals surface area contributed by atoms with E-state index in [0.717, 1.165) is 23.2 Å². The highest BCUT2D eigenvalue weighted by atomic mass is 35.5. The Kier molecular flexibility index (Phi) is 7.40. The van der Waals surface area contributed by atoms with E-state index < -0.39 is 33.7 Å². The van der Waals surface area contributed by atoms with E-state index in [4.69, 9.17) is 5.73 Å². The Hall–Kier alpha value is -2.11. The summed E-state index contributed by atoms with van der Waals surface area (Å²) in [4.78, 5) is 11.9. The number of nitrogens with zero attached hydrogens (tertiary/aromatic N) is 2. The highest BCUT2D eigenvalue weighted by Crippen LogP contribution is 2.30. The van der Waals surface area contributed by atoms with Crippen molar-refractivity contribution in [2.45, 2.75) is 18.6 Å². The van der Waals surface area contributed by atoms with E-state index in [1.807, 2.05) is 0 Å². The summed E-state index contributed by atoms with van der Waals surface area (Å²) in [7, 11) is -3.23. The average molecular weight is 427 g/mol. The number of amides is 1. The van der Waals surface area contributed by atoms with Gasteiger partial charge in [0.15, 0.2) is 0 Å². The second kappa shape index (κ2) is 8.72. The molecule has 1 unspecified atom stereocenters. The van der Waals surface area contributed by atoms with Crippen LogP contribution in [0.5, 0.6) is 0 Å². The first-order valence-corrected chi connectivity index (χ1v) is 9.49. The number of nitrogens with two attached hydrogens (primary N) is 1. The molecule has 0 aliphatic carbocycles. The number of rotatable bonds is 6. The van der Waals surface area contributed by atoms with Crippen molar-refractivity contribution in [2.24, 2.45) is 5.73 Å². The quantitative estimate of drug-likeness (QED) is 0.734. The zero-order valence-electron chi connectivity index (χ0n) is 14.1. The first-order valence-electron chi connectivity index (χ1n) is 7.43. The van der Waals surface area contributed by atoms with Gasteiger partial charge in [-0.1, -0.05) is 0 Å². The van der Waals surface area contributed by atoms with Gasteiger partial charge in [-0.3, -0.25) is 4.79 Å². The third kappa shape index (κ3) is 6.52. The smallest absolute Gasteiger partial charge is 0.325 e. The van der Waals surface area contributed by atoms with Crippen molar-refractivity contribution < 1.29 is 26.4 Å². The van der Waals surface area contributed by atoms with Crippen LogP contribution in [0.25, 0.3) is 5.69 Å². The van der Waals surface area contributed by atoms with E-state index in [0.29, 0.717) is 5.69 Å². The van der Waals surface area contributed by atoms with Crippen LogP contribution < -0.4 is 11.1 Å². The molecule has 0 bridgehead atoms. The van der Waals surface area contributed by atoms with Crippen LogP contribution in [-0.2, 0) is 20.8 Å². The number of alkyl halides is 3. The molecular weight excluding hydrogens is 409 g/mol. The predicted octanol–water partition coefficient (Wildman–Crippen LogP) is 2.01. The summed E-state index contributed by atoms with van der Waals surface area (Å²) in [6.45, 7) is 0. The molecule has 0 aliphatic rings. The molecule has 0 aliphatic heterocycles. The van der Waals surface area contributed by atoms with Gasteiger partial charge in [-0.2, -0.15) is 18.3 Å². The maximum atomic E-state index is 12.9. The molecule has 1 atom stereocenters. The Balaban J connectivity index is 0.00000364. The van der Waals surface area contributed by atoms with Gasteiger partial charge in [0.05, 0.1) is 23.7 Å². The van der Waals surface area contributed by atoms with Crippen molar-refractivity contribution >= 4 is 33.8 Å². The third-order valence-electron chi connectivity index (χ3n) is 3.45. The normalized spacial score (nSPS) is 12.9. The molecular formula is C15H18ClF3N4O3S. The predicted molar refractivity (Wildman–Crippen MR) is 96.7 cm³/mol. The standard InChI is InChI=1S/C15H17F3N4O3S.ClH/c1-26(24,25)9-7-12(19)14(23)21-10-2-4-11(5-3-10)22-13(6-8-20-22)15(16,17)18;/h2-6,8,12H,7,9,19H2,1H3,(H,21,23);1H. The molecule has 1 heterocycles. The van der Waals surface area contributed by atoms with Crippen molar-refractivity contribution in [3.63, 3.8) is 0 Å². The Morgan fingerprint density at radius 1 is 1.26 bits per heavy atom. The lowest BCUT2D eigenvalue weighted by Crippen LogP contribution is -2.37. The number of anilines is 1. The van der Waals surface area contributed by atoms with Crippen molar-refractivity contribution in [1.82, 2.24) is 9.78 Å². The average Bonchev–Trinajstić information content (AvgIpc) is 3.02. The summed E-state index contributed by atoms with van der Waals surface area (Å²) in [5.74, 6) is -0.809. The fraction of sp³-hybridized carbons (Fsp3) is 0.333. The number of hydrogen-bond acceptors (Lipinski definition) is 5. The van der Waals surface area contributed by atoms with E-state index in [1.54, 1.807) is 0 Å². The molecule has 0 saturated carbocycles. The third-order valence-corrected chi connectivity index (χ3v) is 4.43. The van der Waals surface area contributed by atoms with Crippen LogP contribution in [0.15, 0.2) is 36.5 Å². The van der Waals surface area contributed by atoms with Crippen molar-refractivity contribution in [2.75, 3.05) is 17.3 Å². The summed E-state index contributed by atoms with van der Waals surface area (Å²) >= 11 is 0. The molecule has 0 saturated heterocycles. The van der Waals surface area contributed by atoms with Crippen LogP contribution >= 0.6 is 12.4 Å². The molecule has 27 heavy (non-hydrogen) atoms. The van der Waals surface area contributed by atoms with Crippen LogP contribution in [0, 0.1) is 0 Å². The fourth-order valence-electron chi connectivity index (χ4n) is 2.12. The van der Waals surface area contributed by atoms with Gasteiger partial charge in [0, 0.05) is 11.9 Å². The van der Waals surface area contributed by atoms with Crippen LogP contribution in [0.3, 0.4) is 0 Å². The fourth-order valence-corrected chi connectivity index (χ4v) is 2.80. The highest BCUT2D eigenvalue weighted by molar-refractivity contribution is 7.90. The number of hydrogen-bond donors (Lipinski definition) is 2. The minimum atomic E-state index is -4.55. The summed E-state index contributed by atoms with van der Waals surface area (Å²) < 4.78 is 61.6. The Labute approximate surface area is 160 Å². The van der Waals surface area contributed by atoms with Crippen LogP contribution in [0.1, 0.15) is 12.1 Å². The van der Waals surface area contributed by atoms with E-state index in [9.17, 15) is 26.4 Å². The number of halogens is 4. The summed E-state index contributed by atoms with van der Waals surface area (Å²) in [6, 6.07) is 5.36. The first-order chi connectivity index (χ1) is 12.0. The number of aromatic nitrogens is 2. The van der Waals surface area contributed by atoms with Crippen molar-refractivity contribution in [3.8, 4) is 5.69 Å². The Bertz CT molecular complexity index is 882. The van der Waals surface area contributed by atoms with Gasteiger partial charge in [-0.15, -0.1) is 12.4 Å². The summed E-state index contributed by atoms with van der Waals surface area (Å²) in [6.07, 6.45) is -2.50. The number of nitrogens with one attached hydrogen (secondary N) is 1. The van der Waals surface area contributed by atoms with Crippen molar-refractivity contribution in [3.05, 3.63) is 42.2 Å².